The number of rotatable bonds is 7. The highest BCUT2D eigenvalue weighted by molar-refractivity contribution is 14.1. The zero-order chi connectivity index (χ0) is 27.7. The van der Waals surface area contributed by atoms with Gasteiger partial charge in [0, 0.05) is 14.5 Å². The Bertz CT molecular complexity index is 1650. The largest absolute Gasteiger partial charge is 0.506 e. The Balaban J connectivity index is 2.02. The summed E-state index contributed by atoms with van der Waals surface area (Å²) in [7, 11) is 1.53. The lowest BCUT2D eigenvalue weighted by molar-refractivity contribution is -0.139. The molecule has 0 amide bonds. The summed E-state index contributed by atoms with van der Waals surface area (Å²) in [6.07, 6.45) is 1.63. The van der Waals surface area contributed by atoms with Crippen LogP contribution in [0.2, 0.25) is 0 Å². The molecule has 2 aromatic carbocycles. The standard InChI is InChI=1S/C26H23Br2IN2O6S/c1-5-36-19-11-16(28)15(10-18(19)35-4)22-21(25(34)37-6-2)12(3)30-26-31(22)24(33)20(38-26)8-13-7-14(27)9-17(29)23(13)32/h7-11,22,32H,5-6H2,1-4H3/b20-8+/t22-/m1/s1. The van der Waals surface area contributed by atoms with E-state index >= 15 is 0 Å². The number of halogens is 3. The summed E-state index contributed by atoms with van der Waals surface area (Å²) in [5.74, 6) is 0.486. The predicted molar refractivity (Wildman–Crippen MR) is 161 cm³/mol. The molecule has 12 heteroatoms. The maximum absolute atomic E-state index is 13.9. The molecule has 3 aromatic rings. The summed E-state index contributed by atoms with van der Waals surface area (Å²) in [4.78, 5) is 32.1. The van der Waals surface area contributed by atoms with Gasteiger partial charge in [0.25, 0.3) is 5.56 Å². The van der Waals surface area contributed by atoms with Crippen molar-refractivity contribution in [2.24, 2.45) is 4.99 Å². The second kappa shape index (κ2) is 11.9. The fourth-order valence-corrected chi connectivity index (χ4v) is 7.24. The second-order valence-electron chi connectivity index (χ2n) is 8.09. The number of allylic oxidation sites excluding steroid dienone is 1. The van der Waals surface area contributed by atoms with Gasteiger partial charge in [-0.05, 0) is 79.3 Å². The summed E-state index contributed by atoms with van der Waals surface area (Å²) in [5.41, 5.74) is 1.42. The molecule has 0 aliphatic carbocycles. The van der Waals surface area contributed by atoms with Crippen LogP contribution >= 0.6 is 65.8 Å². The minimum atomic E-state index is -0.845. The quantitative estimate of drug-likeness (QED) is 0.267. The molecule has 1 aliphatic rings. The number of ether oxygens (including phenoxy) is 3. The van der Waals surface area contributed by atoms with Crippen LogP contribution in [0.5, 0.6) is 17.2 Å². The third-order valence-corrected chi connectivity index (χ3v) is 8.69. The zero-order valence-electron chi connectivity index (χ0n) is 20.8. The molecule has 0 spiro atoms. The molecule has 38 heavy (non-hydrogen) atoms. The Morgan fingerprint density at radius 1 is 1.21 bits per heavy atom. The van der Waals surface area contributed by atoms with Crippen molar-refractivity contribution >= 4 is 77.8 Å². The molecule has 0 unspecified atom stereocenters. The first-order chi connectivity index (χ1) is 18.1. The van der Waals surface area contributed by atoms with Crippen molar-refractivity contribution in [3.8, 4) is 17.2 Å². The highest BCUT2D eigenvalue weighted by Gasteiger charge is 2.35. The number of aromatic hydroxyl groups is 1. The summed E-state index contributed by atoms with van der Waals surface area (Å²) < 4.78 is 20.5. The van der Waals surface area contributed by atoms with Crippen molar-refractivity contribution in [2.75, 3.05) is 20.3 Å². The van der Waals surface area contributed by atoms with Crippen LogP contribution in [0.25, 0.3) is 6.08 Å². The van der Waals surface area contributed by atoms with Gasteiger partial charge >= 0.3 is 5.97 Å². The Labute approximate surface area is 253 Å². The fraction of sp³-hybridized carbons (Fsp3) is 0.269. The van der Waals surface area contributed by atoms with E-state index in [0.29, 0.717) is 52.3 Å². The Morgan fingerprint density at radius 2 is 1.95 bits per heavy atom. The van der Waals surface area contributed by atoms with Gasteiger partial charge in [0.1, 0.15) is 5.75 Å². The number of benzene rings is 2. The normalized spacial score (nSPS) is 15.2. The van der Waals surface area contributed by atoms with Crippen LogP contribution in [0.1, 0.15) is 37.9 Å². The van der Waals surface area contributed by atoms with Crippen LogP contribution in [0.15, 0.2) is 54.3 Å². The third-order valence-electron chi connectivity index (χ3n) is 5.74. The van der Waals surface area contributed by atoms with Gasteiger partial charge in [0.2, 0.25) is 0 Å². The average Bonchev–Trinajstić information content (AvgIpc) is 3.16. The van der Waals surface area contributed by atoms with E-state index in [4.69, 9.17) is 14.2 Å². The summed E-state index contributed by atoms with van der Waals surface area (Å²) in [5, 5.41) is 10.6. The van der Waals surface area contributed by atoms with Gasteiger partial charge in [0.15, 0.2) is 16.3 Å². The molecule has 0 radical (unpaired) electrons. The SMILES string of the molecule is CCOC(=O)C1=C(C)N=c2s/c(=C/c3cc(Br)cc(I)c3O)c(=O)n2[C@@H]1c1cc(OC)c(OCC)cc1Br. The molecule has 2 heterocycles. The van der Waals surface area contributed by atoms with Crippen molar-refractivity contribution in [2.45, 2.75) is 26.8 Å². The van der Waals surface area contributed by atoms with E-state index in [2.05, 4.69) is 36.9 Å². The monoisotopic (exact) mass is 776 g/mol. The van der Waals surface area contributed by atoms with Crippen LogP contribution in [-0.4, -0.2) is 36.0 Å². The van der Waals surface area contributed by atoms with Gasteiger partial charge in [0.05, 0.1) is 45.7 Å². The maximum Gasteiger partial charge on any atom is 0.338 e. The van der Waals surface area contributed by atoms with Crippen molar-refractivity contribution in [1.29, 1.82) is 0 Å². The van der Waals surface area contributed by atoms with Gasteiger partial charge in [-0.3, -0.25) is 9.36 Å². The van der Waals surface area contributed by atoms with E-state index in [1.165, 1.54) is 23.0 Å². The number of thiazole rings is 1. The minimum absolute atomic E-state index is 0.0681. The van der Waals surface area contributed by atoms with Crippen molar-refractivity contribution < 1.29 is 24.1 Å². The van der Waals surface area contributed by atoms with Crippen molar-refractivity contribution in [3.63, 3.8) is 0 Å². The van der Waals surface area contributed by atoms with Gasteiger partial charge < -0.3 is 19.3 Å². The fourth-order valence-electron chi connectivity index (χ4n) is 4.11. The van der Waals surface area contributed by atoms with Gasteiger partial charge in [-0.15, -0.1) is 0 Å². The molecular formula is C26H23Br2IN2O6S. The first-order valence-electron chi connectivity index (χ1n) is 11.5. The number of hydrogen-bond acceptors (Lipinski definition) is 8. The number of phenols is 1. The number of fused-ring (bicyclic) bond motifs is 1. The average molecular weight is 778 g/mol. The highest BCUT2D eigenvalue weighted by atomic mass is 127. The molecule has 1 atom stereocenters. The molecule has 4 rings (SSSR count). The van der Waals surface area contributed by atoms with Crippen LogP contribution < -0.4 is 24.4 Å². The van der Waals surface area contributed by atoms with E-state index < -0.39 is 12.0 Å². The first kappa shape index (κ1) is 28.8. The summed E-state index contributed by atoms with van der Waals surface area (Å²) in [6.45, 7) is 5.92. The van der Waals surface area contributed by atoms with Gasteiger partial charge in [-0.1, -0.05) is 43.2 Å². The zero-order valence-corrected chi connectivity index (χ0v) is 26.9. The molecule has 200 valence electrons. The lowest BCUT2D eigenvalue weighted by Gasteiger charge is -2.26. The van der Waals surface area contributed by atoms with Crippen LogP contribution in [0.4, 0.5) is 0 Å². The predicted octanol–water partition coefficient (Wildman–Crippen LogP) is 5.04. The minimum Gasteiger partial charge on any atom is -0.506 e. The van der Waals surface area contributed by atoms with Gasteiger partial charge in [-0.2, -0.15) is 0 Å². The lowest BCUT2D eigenvalue weighted by Crippen LogP contribution is -2.40. The topological polar surface area (TPSA) is 99.4 Å². The molecule has 1 N–H and O–H groups in total. The number of hydrogen-bond donors (Lipinski definition) is 1. The van der Waals surface area contributed by atoms with Crippen LogP contribution in [0.3, 0.4) is 0 Å². The molecule has 0 saturated carbocycles. The molecule has 1 aliphatic heterocycles. The number of esters is 1. The molecular weight excluding hydrogens is 755 g/mol. The van der Waals surface area contributed by atoms with Crippen molar-refractivity contribution in [1.82, 2.24) is 4.57 Å². The first-order valence-corrected chi connectivity index (χ1v) is 15.0. The molecule has 0 bridgehead atoms. The molecule has 0 fully saturated rings. The highest BCUT2D eigenvalue weighted by Crippen LogP contribution is 2.41. The van der Waals surface area contributed by atoms with E-state index in [1.807, 2.05) is 29.5 Å². The number of nitrogens with zero attached hydrogens (tertiary/aromatic N) is 2. The number of phenolic OH excluding ortho intramolecular Hbond substituents is 1. The van der Waals surface area contributed by atoms with E-state index in [-0.39, 0.29) is 23.5 Å². The lowest BCUT2D eigenvalue weighted by atomic mass is 9.95. The van der Waals surface area contributed by atoms with Crippen LogP contribution in [-0.2, 0) is 9.53 Å². The Morgan fingerprint density at radius 3 is 2.61 bits per heavy atom. The van der Waals surface area contributed by atoms with E-state index in [0.717, 1.165) is 4.47 Å². The van der Waals surface area contributed by atoms with E-state index in [1.54, 1.807) is 44.2 Å². The molecule has 0 saturated heterocycles. The second-order valence-corrected chi connectivity index (χ2v) is 12.0. The maximum atomic E-state index is 13.9. The summed E-state index contributed by atoms with van der Waals surface area (Å²) >= 11 is 10.3. The third kappa shape index (κ3) is 5.45. The smallest absolute Gasteiger partial charge is 0.338 e. The van der Waals surface area contributed by atoms with Crippen LogP contribution in [0, 0.1) is 3.57 Å². The summed E-state index contributed by atoms with van der Waals surface area (Å²) in [6, 6.07) is 6.17. The number of carbonyl (C=O) groups is 1. The molecule has 8 nitrogen and oxygen atoms in total. The van der Waals surface area contributed by atoms with Crippen molar-refractivity contribution in [3.05, 3.63) is 78.9 Å². The Hall–Kier alpha value is -2.16. The Kier molecular flexibility index (Phi) is 9.05. The number of aromatic nitrogens is 1. The van der Waals surface area contributed by atoms with E-state index in [9.17, 15) is 14.7 Å². The number of methoxy groups -OCH3 is 1. The molecule has 1 aromatic heterocycles. The van der Waals surface area contributed by atoms with Gasteiger partial charge in [-0.25, -0.2) is 9.79 Å². The number of carbonyl (C=O) groups excluding carboxylic acids is 1.